The summed E-state index contributed by atoms with van der Waals surface area (Å²) < 4.78 is 10.4. The lowest BCUT2D eigenvalue weighted by Gasteiger charge is -2.33. The fraction of sp³-hybridized carbons (Fsp3) is 0.450. The van der Waals surface area contributed by atoms with E-state index in [0.717, 1.165) is 12.2 Å². The van der Waals surface area contributed by atoms with Gasteiger partial charge in [0.2, 0.25) is 0 Å². The summed E-state index contributed by atoms with van der Waals surface area (Å²) in [5, 5.41) is 2.87. The first-order valence-electron chi connectivity index (χ1n) is 8.87. The van der Waals surface area contributed by atoms with E-state index in [-0.39, 0.29) is 5.91 Å². The first-order chi connectivity index (χ1) is 12.2. The van der Waals surface area contributed by atoms with Gasteiger partial charge in [0, 0.05) is 25.4 Å². The maximum atomic E-state index is 12.2. The lowest BCUT2D eigenvalue weighted by molar-refractivity contribution is 0.0987. The van der Waals surface area contributed by atoms with E-state index >= 15 is 0 Å². The monoisotopic (exact) mass is 342 g/mol. The molecule has 2 aromatic rings. The smallest absolute Gasteiger partial charge is 0.291 e. The number of likely N-dealkylation sites (tertiary alicyclic amines) is 1. The standard InChI is InChI=1S/C20H26N2O3/c1-15-5-3-4-12-22(15)13-16-6-8-17(9-7-16)21-20(23)19-11-10-18(25-19)14-24-2/h6-11,15H,3-5,12-14H2,1-2H3,(H,21,23). The summed E-state index contributed by atoms with van der Waals surface area (Å²) in [7, 11) is 1.59. The second-order valence-electron chi connectivity index (χ2n) is 6.67. The highest BCUT2D eigenvalue weighted by atomic mass is 16.5. The number of benzene rings is 1. The molecule has 1 atom stereocenters. The van der Waals surface area contributed by atoms with Gasteiger partial charge in [-0.05, 0) is 56.1 Å². The first-order valence-corrected chi connectivity index (χ1v) is 8.87. The third kappa shape index (κ3) is 4.71. The van der Waals surface area contributed by atoms with Gasteiger partial charge in [-0.15, -0.1) is 0 Å². The Kier molecular flexibility index (Phi) is 5.89. The molecule has 1 unspecified atom stereocenters. The minimum Gasteiger partial charge on any atom is -0.453 e. The molecule has 1 aromatic carbocycles. The van der Waals surface area contributed by atoms with Crippen LogP contribution in [-0.2, 0) is 17.9 Å². The summed E-state index contributed by atoms with van der Waals surface area (Å²) in [6.07, 6.45) is 3.90. The van der Waals surface area contributed by atoms with Crippen LogP contribution in [0.2, 0.25) is 0 Å². The molecule has 5 heteroatoms. The number of amides is 1. The summed E-state index contributed by atoms with van der Waals surface area (Å²) in [4.78, 5) is 14.7. The van der Waals surface area contributed by atoms with Crippen LogP contribution in [0, 0.1) is 0 Å². The van der Waals surface area contributed by atoms with Crippen molar-refractivity contribution in [1.29, 1.82) is 0 Å². The molecule has 0 bridgehead atoms. The minimum atomic E-state index is -0.250. The maximum absolute atomic E-state index is 12.2. The average Bonchev–Trinajstić information content (AvgIpc) is 3.08. The topological polar surface area (TPSA) is 54.7 Å². The summed E-state index contributed by atoms with van der Waals surface area (Å²) in [6.45, 7) is 4.79. The number of carbonyl (C=O) groups is 1. The van der Waals surface area contributed by atoms with Gasteiger partial charge in [-0.25, -0.2) is 0 Å². The lowest BCUT2D eigenvalue weighted by Crippen LogP contribution is -2.36. The van der Waals surface area contributed by atoms with E-state index in [2.05, 4.69) is 29.3 Å². The Morgan fingerprint density at radius 3 is 2.76 bits per heavy atom. The number of anilines is 1. The second-order valence-corrected chi connectivity index (χ2v) is 6.67. The van der Waals surface area contributed by atoms with E-state index in [4.69, 9.17) is 9.15 Å². The SMILES string of the molecule is COCc1ccc(C(=O)Nc2ccc(CN3CCCCC3C)cc2)o1. The van der Waals surface area contributed by atoms with Crippen LogP contribution in [0.25, 0.3) is 0 Å². The van der Waals surface area contributed by atoms with Crippen LogP contribution in [0.3, 0.4) is 0 Å². The number of nitrogens with one attached hydrogen (secondary N) is 1. The molecule has 1 saturated heterocycles. The summed E-state index contributed by atoms with van der Waals surface area (Å²) >= 11 is 0. The molecule has 0 radical (unpaired) electrons. The van der Waals surface area contributed by atoms with Crippen LogP contribution in [0.5, 0.6) is 0 Å². The number of hydrogen-bond acceptors (Lipinski definition) is 4. The number of carbonyl (C=O) groups excluding carboxylic acids is 1. The minimum absolute atomic E-state index is 0.250. The Morgan fingerprint density at radius 1 is 1.24 bits per heavy atom. The molecule has 1 aliphatic heterocycles. The number of nitrogens with zero attached hydrogens (tertiary/aromatic N) is 1. The third-order valence-electron chi connectivity index (χ3n) is 4.71. The van der Waals surface area contributed by atoms with Crippen LogP contribution in [0.4, 0.5) is 5.69 Å². The first kappa shape index (κ1) is 17.7. The van der Waals surface area contributed by atoms with E-state index in [0.29, 0.717) is 24.2 Å². The molecule has 0 aliphatic carbocycles. The predicted molar refractivity (Wildman–Crippen MR) is 97.5 cm³/mol. The molecule has 0 saturated carbocycles. The molecule has 3 rings (SSSR count). The highest BCUT2D eigenvalue weighted by Gasteiger charge is 2.18. The Labute approximate surface area is 149 Å². The molecule has 25 heavy (non-hydrogen) atoms. The lowest BCUT2D eigenvalue weighted by atomic mass is 10.0. The van der Waals surface area contributed by atoms with Gasteiger partial charge in [0.15, 0.2) is 5.76 Å². The Morgan fingerprint density at radius 2 is 2.04 bits per heavy atom. The van der Waals surface area contributed by atoms with Crippen molar-refractivity contribution in [3.8, 4) is 0 Å². The van der Waals surface area contributed by atoms with E-state index in [9.17, 15) is 4.79 Å². The van der Waals surface area contributed by atoms with Crippen molar-refractivity contribution in [3.63, 3.8) is 0 Å². The molecule has 1 amide bonds. The van der Waals surface area contributed by atoms with Crippen molar-refractivity contribution in [3.05, 3.63) is 53.5 Å². The number of piperidine rings is 1. The van der Waals surface area contributed by atoms with Crippen LogP contribution in [-0.4, -0.2) is 30.5 Å². The highest BCUT2D eigenvalue weighted by molar-refractivity contribution is 6.02. The van der Waals surface area contributed by atoms with Crippen molar-refractivity contribution in [2.24, 2.45) is 0 Å². The van der Waals surface area contributed by atoms with Gasteiger partial charge in [0.1, 0.15) is 12.4 Å². The zero-order valence-corrected chi connectivity index (χ0v) is 15.0. The van der Waals surface area contributed by atoms with Gasteiger partial charge >= 0.3 is 0 Å². The Bertz CT molecular complexity index is 693. The largest absolute Gasteiger partial charge is 0.453 e. The molecule has 134 valence electrons. The fourth-order valence-electron chi connectivity index (χ4n) is 3.23. The van der Waals surface area contributed by atoms with Gasteiger partial charge in [0.25, 0.3) is 5.91 Å². The molecule has 0 spiro atoms. The molecule has 1 N–H and O–H groups in total. The normalized spacial score (nSPS) is 18.2. The molecule has 1 aromatic heterocycles. The third-order valence-corrected chi connectivity index (χ3v) is 4.71. The second kappa shape index (κ2) is 8.32. The summed E-state index contributed by atoms with van der Waals surface area (Å²) in [6, 6.07) is 12.1. The molecule has 5 nitrogen and oxygen atoms in total. The molecular weight excluding hydrogens is 316 g/mol. The predicted octanol–water partition coefficient (Wildman–Crippen LogP) is 4.05. The van der Waals surface area contributed by atoms with E-state index in [1.807, 2.05) is 12.1 Å². The van der Waals surface area contributed by atoms with Gasteiger partial charge in [0.05, 0.1) is 0 Å². The molecular formula is C20H26N2O3. The van der Waals surface area contributed by atoms with E-state index < -0.39 is 0 Å². The number of methoxy groups -OCH3 is 1. The van der Waals surface area contributed by atoms with Gasteiger partial charge in [-0.2, -0.15) is 0 Å². The zero-order valence-electron chi connectivity index (χ0n) is 15.0. The highest BCUT2D eigenvalue weighted by Crippen LogP contribution is 2.20. The number of hydrogen-bond donors (Lipinski definition) is 1. The van der Waals surface area contributed by atoms with E-state index in [1.54, 1.807) is 19.2 Å². The summed E-state index contributed by atoms with van der Waals surface area (Å²) in [5.41, 5.74) is 2.04. The Hall–Kier alpha value is -2.11. The van der Waals surface area contributed by atoms with Gasteiger partial charge in [-0.1, -0.05) is 18.6 Å². The maximum Gasteiger partial charge on any atom is 0.291 e. The van der Waals surface area contributed by atoms with Crippen LogP contribution in [0.15, 0.2) is 40.8 Å². The van der Waals surface area contributed by atoms with Crippen LogP contribution in [0.1, 0.15) is 48.1 Å². The average molecular weight is 342 g/mol. The molecule has 2 heterocycles. The van der Waals surface area contributed by atoms with Crippen LogP contribution < -0.4 is 5.32 Å². The van der Waals surface area contributed by atoms with Crippen molar-refractivity contribution in [2.45, 2.75) is 45.4 Å². The Balaban J connectivity index is 1.57. The quantitative estimate of drug-likeness (QED) is 0.860. The number of ether oxygens (including phenoxy) is 1. The van der Waals surface area contributed by atoms with Crippen molar-refractivity contribution in [1.82, 2.24) is 4.90 Å². The van der Waals surface area contributed by atoms with Crippen molar-refractivity contribution in [2.75, 3.05) is 19.0 Å². The van der Waals surface area contributed by atoms with Crippen molar-refractivity contribution < 1.29 is 13.9 Å². The number of furan rings is 1. The van der Waals surface area contributed by atoms with E-state index in [1.165, 1.54) is 31.4 Å². The van der Waals surface area contributed by atoms with Gasteiger partial charge < -0.3 is 14.5 Å². The zero-order chi connectivity index (χ0) is 17.6. The molecule has 1 aliphatic rings. The van der Waals surface area contributed by atoms with Gasteiger partial charge in [-0.3, -0.25) is 9.69 Å². The fourth-order valence-corrected chi connectivity index (χ4v) is 3.23. The summed E-state index contributed by atoms with van der Waals surface area (Å²) in [5.74, 6) is 0.677. The molecule has 1 fully saturated rings. The van der Waals surface area contributed by atoms with Crippen LogP contribution >= 0.6 is 0 Å². The van der Waals surface area contributed by atoms with Crippen molar-refractivity contribution >= 4 is 11.6 Å². The number of rotatable bonds is 6.